The van der Waals surface area contributed by atoms with E-state index >= 15 is 0 Å². The van der Waals surface area contributed by atoms with E-state index < -0.39 is 0 Å². The van der Waals surface area contributed by atoms with Crippen molar-refractivity contribution < 1.29 is 4.79 Å². The first-order chi connectivity index (χ1) is 10.2. The maximum Gasteiger partial charge on any atom is 0.322 e. The molecule has 1 aliphatic rings. The smallest absolute Gasteiger partial charge is 0.322 e. The molecule has 4 nitrogen and oxygen atoms in total. The first-order valence-electron chi connectivity index (χ1n) is 7.20. The molecule has 0 aliphatic heterocycles. The van der Waals surface area contributed by atoms with Gasteiger partial charge in [-0.15, -0.1) is 0 Å². The third-order valence-electron chi connectivity index (χ3n) is 3.67. The second-order valence-corrected chi connectivity index (χ2v) is 5.35. The Bertz CT molecular complexity index is 623. The van der Waals surface area contributed by atoms with E-state index in [9.17, 15) is 4.79 Å². The zero-order valence-corrected chi connectivity index (χ0v) is 11.8. The van der Waals surface area contributed by atoms with Crippen LogP contribution in [0.25, 0.3) is 0 Å². The number of nitrogen functional groups attached to an aromatic ring is 1. The van der Waals surface area contributed by atoms with Gasteiger partial charge < -0.3 is 16.0 Å². The van der Waals surface area contributed by atoms with Gasteiger partial charge in [0.2, 0.25) is 0 Å². The number of carbonyl (C=O) groups is 1. The van der Waals surface area contributed by atoms with Gasteiger partial charge in [0.05, 0.1) is 0 Å². The van der Waals surface area contributed by atoms with Crippen LogP contribution in [0.4, 0.5) is 16.2 Å². The molecule has 4 heteroatoms. The molecule has 1 saturated carbocycles. The number of urea groups is 1. The third kappa shape index (κ3) is 3.34. The normalized spacial score (nSPS) is 13.7. The summed E-state index contributed by atoms with van der Waals surface area (Å²) in [5.41, 5.74) is 8.52. The molecule has 0 atom stereocenters. The zero-order valence-electron chi connectivity index (χ0n) is 11.8. The molecular weight excluding hydrogens is 262 g/mol. The number of nitrogens with zero attached hydrogens (tertiary/aromatic N) is 1. The standard InChI is InChI=1S/C17H19N3O/c18-16-9-5-4-6-13(16)12-20(15-10-11-15)17(21)19-14-7-2-1-3-8-14/h1-9,15H,10-12,18H2,(H,19,21). The van der Waals surface area contributed by atoms with Crippen LogP contribution >= 0.6 is 0 Å². The van der Waals surface area contributed by atoms with Crippen LogP contribution in [0.1, 0.15) is 18.4 Å². The second-order valence-electron chi connectivity index (χ2n) is 5.35. The van der Waals surface area contributed by atoms with Crippen LogP contribution in [0, 0.1) is 0 Å². The van der Waals surface area contributed by atoms with E-state index in [-0.39, 0.29) is 6.03 Å². The maximum absolute atomic E-state index is 12.5. The number of hydrogen-bond acceptors (Lipinski definition) is 2. The molecular formula is C17H19N3O. The SMILES string of the molecule is Nc1ccccc1CN(C(=O)Nc1ccccc1)C1CC1. The van der Waals surface area contributed by atoms with E-state index in [0.717, 1.165) is 29.8 Å². The Hall–Kier alpha value is -2.49. The number of benzene rings is 2. The van der Waals surface area contributed by atoms with Crippen molar-refractivity contribution in [2.45, 2.75) is 25.4 Å². The van der Waals surface area contributed by atoms with E-state index in [0.29, 0.717) is 12.6 Å². The van der Waals surface area contributed by atoms with Gasteiger partial charge in [0.25, 0.3) is 0 Å². The molecule has 0 heterocycles. The average molecular weight is 281 g/mol. The molecule has 0 spiro atoms. The lowest BCUT2D eigenvalue weighted by molar-refractivity contribution is 0.206. The first kappa shape index (κ1) is 13.5. The van der Waals surface area contributed by atoms with Crippen molar-refractivity contribution in [3.05, 3.63) is 60.2 Å². The fourth-order valence-electron chi connectivity index (χ4n) is 2.33. The monoisotopic (exact) mass is 281 g/mol. The fourth-order valence-corrected chi connectivity index (χ4v) is 2.33. The lowest BCUT2D eigenvalue weighted by atomic mass is 10.1. The van der Waals surface area contributed by atoms with Gasteiger partial charge in [-0.05, 0) is 36.6 Å². The summed E-state index contributed by atoms with van der Waals surface area (Å²) in [6, 6.07) is 17.5. The molecule has 108 valence electrons. The quantitative estimate of drug-likeness (QED) is 0.843. The van der Waals surface area contributed by atoms with Gasteiger partial charge in [-0.3, -0.25) is 0 Å². The molecule has 3 rings (SSSR count). The summed E-state index contributed by atoms with van der Waals surface area (Å²) < 4.78 is 0. The van der Waals surface area contributed by atoms with Crippen molar-refractivity contribution in [2.24, 2.45) is 0 Å². The van der Waals surface area contributed by atoms with Crippen molar-refractivity contribution in [1.82, 2.24) is 4.90 Å². The van der Waals surface area contributed by atoms with E-state index in [1.165, 1.54) is 0 Å². The lowest BCUT2D eigenvalue weighted by Crippen LogP contribution is -2.36. The highest BCUT2D eigenvalue weighted by Gasteiger charge is 2.32. The van der Waals surface area contributed by atoms with Crippen LogP contribution in [-0.2, 0) is 6.54 Å². The molecule has 2 amide bonds. The number of carbonyl (C=O) groups excluding carboxylic acids is 1. The Kier molecular flexibility index (Phi) is 3.77. The van der Waals surface area contributed by atoms with E-state index in [4.69, 9.17) is 5.73 Å². The van der Waals surface area contributed by atoms with Gasteiger partial charge in [-0.25, -0.2) is 4.79 Å². The number of nitrogens with one attached hydrogen (secondary N) is 1. The minimum absolute atomic E-state index is 0.0630. The number of amides is 2. The third-order valence-corrected chi connectivity index (χ3v) is 3.67. The zero-order chi connectivity index (χ0) is 14.7. The molecule has 21 heavy (non-hydrogen) atoms. The van der Waals surface area contributed by atoms with Crippen LogP contribution in [0.2, 0.25) is 0 Å². The summed E-state index contributed by atoms with van der Waals surface area (Å²) in [5.74, 6) is 0. The second kappa shape index (κ2) is 5.87. The molecule has 1 fully saturated rings. The fraction of sp³-hybridized carbons (Fsp3) is 0.235. The topological polar surface area (TPSA) is 58.4 Å². The van der Waals surface area contributed by atoms with Crippen LogP contribution in [0.15, 0.2) is 54.6 Å². The van der Waals surface area contributed by atoms with Crippen molar-refractivity contribution in [2.75, 3.05) is 11.1 Å². The van der Waals surface area contributed by atoms with Gasteiger partial charge >= 0.3 is 6.03 Å². The Labute approximate surface area is 124 Å². The molecule has 0 aromatic heterocycles. The number of hydrogen-bond donors (Lipinski definition) is 2. The Morgan fingerprint density at radius 2 is 1.76 bits per heavy atom. The minimum Gasteiger partial charge on any atom is -0.398 e. The molecule has 0 radical (unpaired) electrons. The maximum atomic E-state index is 12.5. The summed E-state index contributed by atoms with van der Waals surface area (Å²) in [6.07, 6.45) is 2.13. The number of para-hydroxylation sites is 2. The summed E-state index contributed by atoms with van der Waals surface area (Å²) in [5, 5.41) is 2.95. The van der Waals surface area contributed by atoms with Crippen molar-refractivity contribution >= 4 is 17.4 Å². The first-order valence-corrected chi connectivity index (χ1v) is 7.20. The summed E-state index contributed by atoms with van der Waals surface area (Å²) in [6.45, 7) is 0.552. The lowest BCUT2D eigenvalue weighted by Gasteiger charge is -2.23. The average Bonchev–Trinajstić information content (AvgIpc) is 3.32. The Morgan fingerprint density at radius 1 is 1.10 bits per heavy atom. The number of rotatable bonds is 4. The van der Waals surface area contributed by atoms with Crippen molar-refractivity contribution in [3.8, 4) is 0 Å². The molecule has 0 unspecified atom stereocenters. The highest BCUT2D eigenvalue weighted by Crippen LogP contribution is 2.30. The van der Waals surface area contributed by atoms with Crippen molar-refractivity contribution in [1.29, 1.82) is 0 Å². The summed E-state index contributed by atoms with van der Waals surface area (Å²) >= 11 is 0. The minimum atomic E-state index is -0.0630. The van der Waals surface area contributed by atoms with Crippen LogP contribution < -0.4 is 11.1 Å². The number of nitrogens with two attached hydrogens (primary N) is 1. The molecule has 3 N–H and O–H groups in total. The summed E-state index contributed by atoms with van der Waals surface area (Å²) in [4.78, 5) is 14.4. The molecule has 2 aromatic carbocycles. The predicted octanol–water partition coefficient (Wildman–Crippen LogP) is 3.47. The van der Waals surface area contributed by atoms with Gasteiger partial charge in [-0.2, -0.15) is 0 Å². The van der Waals surface area contributed by atoms with Gasteiger partial charge in [0.15, 0.2) is 0 Å². The highest BCUT2D eigenvalue weighted by atomic mass is 16.2. The largest absolute Gasteiger partial charge is 0.398 e. The Balaban J connectivity index is 1.73. The summed E-state index contributed by atoms with van der Waals surface area (Å²) in [7, 11) is 0. The van der Waals surface area contributed by atoms with Crippen LogP contribution in [0.5, 0.6) is 0 Å². The van der Waals surface area contributed by atoms with Crippen LogP contribution in [0.3, 0.4) is 0 Å². The molecule has 1 aliphatic carbocycles. The molecule has 2 aromatic rings. The molecule has 0 saturated heterocycles. The van der Waals surface area contributed by atoms with Crippen molar-refractivity contribution in [3.63, 3.8) is 0 Å². The van der Waals surface area contributed by atoms with Gasteiger partial charge in [-0.1, -0.05) is 36.4 Å². The van der Waals surface area contributed by atoms with Crippen LogP contribution in [-0.4, -0.2) is 17.0 Å². The van der Waals surface area contributed by atoms with E-state index in [2.05, 4.69) is 5.32 Å². The molecule has 0 bridgehead atoms. The van der Waals surface area contributed by atoms with E-state index in [1.807, 2.05) is 59.5 Å². The predicted molar refractivity (Wildman–Crippen MR) is 84.9 cm³/mol. The van der Waals surface area contributed by atoms with Gasteiger partial charge in [0, 0.05) is 24.0 Å². The Morgan fingerprint density at radius 3 is 2.43 bits per heavy atom. The highest BCUT2D eigenvalue weighted by molar-refractivity contribution is 5.89. The number of anilines is 2. The van der Waals surface area contributed by atoms with Gasteiger partial charge in [0.1, 0.15) is 0 Å². The van der Waals surface area contributed by atoms with E-state index in [1.54, 1.807) is 0 Å².